The van der Waals surface area contributed by atoms with Crippen molar-refractivity contribution in [2.24, 2.45) is 0 Å². The second kappa shape index (κ2) is 8.66. The van der Waals surface area contributed by atoms with Gasteiger partial charge in [0.25, 0.3) is 0 Å². The number of carbonyl (C=O) groups is 1. The maximum absolute atomic E-state index is 11.7. The van der Waals surface area contributed by atoms with Crippen LogP contribution in [0.1, 0.15) is 6.42 Å². The molecule has 0 aromatic heterocycles. The SMILES string of the molecule is COc1ccc(Cl)cc1NCC(=O)NCCCN(C)C. The van der Waals surface area contributed by atoms with Crippen LogP contribution in [0.25, 0.3) is 0 Å². The summed E-state index contributed by atoms with van der Waals surface area (Å²) in [5.41, 5.74) is 0.712. The lowest BCUT2D eigenvalue weighted by molar-refractivity contribution is -0.119. The lowest BCUT2D eigenvalue weighted by Crippen LogP contribution is -2.32. The molecule has 0 fully saturated rings. The van der Waals surface area contributed by atoms with E-state index in [9.17, 15) is 4.79 Å². The van der Waals surface area contributed by atoms with Crippen molar-refractivity contribution in [3.63, 3.8) is 0 Å². The molecule has 0 aliphatic carbocycles. The fourth-order valence-corrected chi connectivity index (χ4v) is 1.85. The minimum atomic E-state index is -0.0502. The van der Waals surface area contributed by atoms with E-state index in [1.54, 1.807) is 25.3 Å². The first-order chi connectivity index (χ1) is 9.52. The predicted octanol–water partition coefficient (Wildman–Crippen LogP) is 1.83. The maximum atomic E-state index is 11.7. The Balaban J connectivity index is 2.35. The molecule has 0 bridgehead atoms. The van der Waals surface area contributed by atoms with Crippen LogP contribution < -0.4 is 15.4 Å². The van der Waals surface area contributed by atoms with Crippen LogP contribution in [0.4, 0.5) is 5.69 Å². The number of anilines is 1. The molecule has 6 heteroatoms. The highest BCUT2D eigenvalue weighted by Gasteiger charge is 2.06. The van der Waals surface area contributed by atoms with Gasteiger partial charge in [-0.25, -0.2) is 0 Å². The molecule has 0 spiro atoms. The highest BCUT2D eigenvalue weighted by Crippen LogP contribution is 2.27. The molecule has 0 unspecified atom stereocenters. The Bertz CT molecular complexity index is 438. The Kier molecular flexibility index (Phi) is 7.18. The summed E-state index contributed by atoms with van der Waals surface area (Å²) in [6, 6.07) is 5.24. The van der Waals surface area contributed by atoms with Gasteiger partial charge in [-0.3, -0.25) is 4.79 Å². The average molecular weight is 300 g/mol. The van der Waals surface area contributed by atoms with E-state index < -0.39 is 0 Å². The first-order valence-electron chi connectivity index (χ1n) is 6.51. The number of nitrogens with one attached hydrogen (secondary N) is 2. The number of benzene rings is 1. The van der Waals surface area contributed by atoms with Crippen LogP contribution in [0.2, 0.25) is 5.02 Å². The molecule has 0 saturated heterocycles. The Labute approximate surface area is 125 Å². The molecule has 0 radical (unpaired) electrons. The van der Waals surface area contributed by atoms with Crippen LogP contribution in [0.5, 0.6) is 5.75 Å². The van der Waals surface area contributed by atoms with Gasteiger partial charge in [0.2, 0.25) is 5.91 Å². The molecule has 0 saturated carbocycles. The number of nitrogens with zero attached hydrogens (tertiary/aromatic N) is 1. The summed E-state index contributed by atoms with van der Waals surface area (Å²) in [6.45, 7) is 1.82. The molecular formula is C14H22ClN3O2. The van der Waals surface area contributed by atoms with Crippen LogP contribution in [0.15, 0.2) is 18.2 Å². The molecule has 1 aromatic carbocycles. The van der Waals surface area contributed by atoms with Gasteiger partial charge in [-0.15, -0.1) is 0 Å². The molecule has 5 nitrogen and oxygen atoms in total. The van der Waals surface area contributed by atoms with Gasteiger partial charge in [0, 0.05) is 11.6 Å². The average Bonchev–Trinajstić information content (AvgIpc) is 2.41. The highest BCUT2D eigenvalue weighted by molar-refractivity contribution is 6.30. The molecule has 0 atom stereocenters. The summed E-state index contributed by atoms with van der Waals surface area (Å²) in [7, 11) is 5.60. The highest BCUT2D eigenvalue weighted by atomic mass is 35.5. The summed E-state index contributed by atoms with van der Waals surface area (Å²) in [5, 5.41) is 6.48. The van der Waals surface area contributed by atoms with Gasteiger partial charge in [-0.2, -0.15) is 0 Å². The molecule has 1 aromatic rings. The molecular weight excluding hydrogens is 278 g/mol. The van der Waals surface area contributed by atoms with E-state index in [-0.39, 0.29) is 12.5 Å². The third-order valence-corrected chi connectivity index (χ3v) is 2.94. The second-order valence-electron chi connectivity index (χ2n) is 4.70. The quantitative estimate of drug-likeness (QED) is 0.719. The van der Waals surface area contributed by atoms with E-state index in [0.29, 0.717) is 23.0 Å². The van der Waals surface area contributed by atoms with E-state index in [2.05, 4.69) is 15.5 Å². The summed E-state index contributed by atoms with van der Waals surface area (Å²) < 4.78 is 5.20. The standard InChI is InChI=1S/C14H22ClN3O2/c1-18(2)8-4-7-16-14(19)10-17-12-9-11(15)5-6-13(12)20-3/h5-6,9,17H,4,7-8,10H2,1-3H3,(H,16,19). The number of halogens is 1. The first kappa shape index (κ1) is 16.6. The van der Waals surface area contributed by atoms with Gasteiger partial charge in [-0.1, -0.05) is 11.6 Å². The summed E-state index contributed by atoms with van der Waals surface area (Å²) in [5.74, 6) is 0.612. The summed E-state index contributed by atoms with van der Waals surface area (Å²) in [6.07, 6.45) is 0.930. The fraction of sp³-hybridized carbons (Fsp3) is 0.500. The lowest BCUT2D eigenvalue weighted by atomic mass is 10.3. The van der Waals surface area contributed by atoms with Crippen LogP contribution in [-0.2, 0) is 4.79 Å². The number of hydrogen-bond donors (Lipinski definition) is 2. The molecule has 20 heavy (non-hydrogen) atoms. The molecule has 1 rings (SSSR count). The van der Waals surface area contributed by atoms with Crippen molar-refractivity contribution in [2.75, 3.05) is 46.2 Å². The van der Waals surface area contributed by atoms with E-state index in [1.807, 2.05) is 14.1 Å². The number of methoxy groups -OCH3 is 1. The predicted molar refractivity (Wildman–Crippen MR) is 82.7 cm³/mol. The topological polar surface area (TPSA) is 53.6 Å². The van der Waals surface area contributed by atoms with Crippen molar-refractivity contribution in [3.8, 4) is 5.75 Å². The van der Waals surface area contributed by atoms with Crippen molar-refractivity contribution in [1.82, 2.24) is 10.2 Å². The van der Waals surface area contributed by atoms with E-state index >= 15 is 0 Å². The Morgan fingerprint density at radius 1 is 1.40 bits per heavy atom. The molecule has 0 aliphatic rings. The zero-order chi connectivity index (χ0) is 15.0. The van der Waals surface area contributed by atoms with Crippen molar-refractivity contribution in [3.05, 3.63) is 23.2 Å². The number of rotatable bonds is 8. The zero-order valence-corrected chi connectivity index (χ0v) is 13.0. The smallest absolute Gasteiger partial charge is 0.239 e. The van der Waals surface area contributed by atoms with Crippen LogP contribution in [0, 0.1) is 0 Å². The van der Waals surface area contributed by atoms with Gasteiger partial charge in [0.1, 0.15) is 5.75 Å². The van der Waals surface area contributed by atoms with Crippen molar-refractivity contribution in [2.45, 2.75) is 6.42 Å². The van der Waals surface area contributed by atoms with Gasteiger partial charge in [-0.05, 0) is 45.3 Å². The minimum Gasteiger partial charge on any atom is -0.495 e. The number of amides is 1. The number of ether oxygens (including phenoxy) is 1. The molecule has 1 amide bonds. The summed E-state index contributed by atoms with van der Waals surface area (Å²) >= 11 is 5.92. The summed E-state index contributed by atoms with van der Waals surface area (Å²) in [4.78, 5) is 13.8. The first-order valence-corrected chi connectivity index (χ1v) is 6.89. The van der Waals surface area contributed by atoms with Crippen molar-refractivity contribution < 1.29 is 9.53 Å². The number of hydrogen-bond acceptors (Lipinski definition) is 4. The van der Waals surface area contributed by atoms with E-state index in [4.69, 9.17) is 16.3 Å². The van der Waals surface area contributed by atoms with Crippen LogP contribution in [-0.4, -0.2) is 51.6 Å². The Morgan fingerprint density at radius 3 is 2.80 bits per heavy atom. The maximum Gasteiger partial charge on any atom is 0.239 e. The fourth-order valence-electron chi connectivity index (χ4n) is 1.68. The van der Waals surface area contributed by atoms with Crippen molar-refractivity contribution >= 4 is 23.2 Å². The second-order valence-corrected chi connectivity index (χ2v) is 5.14. The molecule has 112 valence electrons. The van der Waals surface area contributed by atoms with Gasteiger partial charge >= 0.3 is 0 Å². The Hall–Kier alpha value is -1.46. The van der Waals surface area contributed by atoms with Crippen molar-refractivity contribution in [1.29, 1.82) is 0 Å². The normalized spacial score (nSPS) is 10.4. The lowest BCUT2D eigenvalue weighted by Gasteiger charge is -2.12. The molecule has 0 aliphatic heterocycles. The third kappa shape index (κ3) is 6.12. The van der Waals surface area contributed by atoms with Gasteiger partial charge in [0.05, 0.1) is 19.3 Å². The molecule has 2 N–H and O–H groups in total. The molecule has 0 heterocycles. The third-order valence-electron chi connectivity index (χ3n) is 2.71. The van der Waals surface area contributed by atoms with Gasteiger partial charge < -0.3 is 20.3 Å². The van der Waals surface area contributed by atoms with Crippen LogP contribution >= 0.6 is 11.6 Å². The van der Waals surface area contributed by atoms with Crippen LogP contribution in [0.3, 0.4) is 0 Å². The number of carbonyl (C=O) groups excluding carboxylic acids is 1. The van der Waals surface area contributed by atoms with E-state index in [0.717, 1.165) is 13.0 Å². The zero-order valence-electron chi connectivity index (χ0n) is 12.2. The monoisotopic (exact) mass is 299 g/mol. The van der Waals surface area contributed by atoms with E-state index in [1.165, 1.54) is 0 Å². The largest absolute Gasteiger partial charge is 0.495 e. The Morgan fingerprint density at radius 2 is 2.15 bits per heavy atom. The van der Waals surface area contributed by atoms with Gasteiger partial charge in [0.15, 0.2) is 0 Å². The minimum absolute atomic E-state index is 0.0502.